The van der Waals surface area contributed by atoms with E-state index in [1.165, 1.54) is 12.7 Å². The highest BCUT2D eigenvalue weighted by Gasteiger charge is 2.22. The summed E-state index contributed by atoms with van der Waals surface area (Å²) in [5.74, 6) is -1.90. The van der Waals surface area contributed by atoms with Gasteiger partial charge in [0.25, 0.3) is 11.7 Å². The van der Waals surface area contributed by atoms with Crippen LogP contribution < -0.4 is 5.32 Å². The van der Waals surface area contributed by atoms with Gasteiger partial charge in [-0.15, -0.1) is 0 Å². The Kier molecular flexibility index (Phi) is 4.44. The molecule has 0 saturated carbocycles. The molecule has 1 aromatic heterocycles. The molecule has 0 unspecified atom stereocenters. The second-order valence-corrected chi connectivity index (χ2v) is 6.54. The van der Waals surface area contributed by atoms with Gasteiger partial charge in [-0.05, 0) is 43.4 Å². The first-order valence-electron chi connectivity index (χ1n) is 7.53. The van der Waals surface area contributed by atoms with E-state index in [0.29, 0.717) is 16.1 Å². The zero-order chi connectivity index (χ0) is 17.3. The predicted molar refractivity (Wildman–Crippen MR) is 89.6 cm³/mol. The molecule has 1 aliphatic rings. The smallest absolute Gasteiger partial charge is 0.350 e. The number of amides is 1. The number of hydrogen-bond donors (Lipinski definition) is 1. The highest BCUT2D eigenvalue weighted by atomic mass is 32.1. The van der Waals surface area contributed by atoms with Crippen molar-refractivity contribution in [2.24, 2.45) is 0 Å². The van der Waals surface area contributed by atoms with Crippen LogP contribution in [0.25, 0.3) is 0 Å². The number of nitrogens with one attached hydrogen (secondary N) is 1. The van der Waals surface area contributed by atoms with Crippen LogP contribution in [0.15, 0.2) is 18.2 Å². The lowest BCUT2D eigenvalue weighted by Crippen LogP contribution is -2.23. The van der Waals surface area contributed by atoms with E-state index in [2.05, 4.69) is 15.0 Å². The van der Waals surface area contributed by atoms with Crippen molar-refractivity contribution in [3.8, 4) is 0 Å². The van der Waals surface area contributed by atoms with Gasteiger partial charge in [0.15, 0.2) is 5.13 Å². The molecule has 0 bridgehead atoms. The zero-order valence-corrected chi connectivity index (χ0v) is 14.2. The van der Waals surface area contributed by atoms with E-state index in [0.717, 1.165) is 36.2 Å². The van der Waals surface area contributed by atoms with Crippen LogP contribution in [0.1, 0.15) is 43.3 Å². The fraction of sp³-hybridized carbons (Fsp3) is 0.294. The normalized spacial score (nSPS) is 12.6. The number of nitrogens with zero attached hydrogens (tertiary/aromatic N) is 1. The molecule has 0 aliphatic heterocycles. The fourth-order valence-corrected chi connectivity index (χ4v) is 3.61. The van der Waals surface area contributed by atoms with Gasteiger partial charge in [-0.25, -0.2) is 9.78 Å². The second-order valence-electron chi connectivity index (χ2n) is 5.55. The number of aromatic nitrogens is 1. The minimum Gasteiger partial charge on any atom is -0.465 e. The maximum atomic E-state index is 12.3. The van der Waals surface area contributed by atoms with Crippen molar-refractivity contribution in [2.75, 3.05) is 12.4 Å². The molecular weight excluding hydrogens is 328 g/mol. The number of aryl methyl sites for hydroxylation is 3. The van der Waals surface area contributed by atoms with Gasteiger partial charge >= 0.3 is 5.97 Å². The van der Waals surface area contributed by atoms with E-state index in [9.17, 15) is 14.4 Å². The minimum atomic E-state index is -0.766. The first-order chi connectivity index (χ1) is 11.5. The third kappa shape index (κ3) is 3.07. The molecule has 1 aliphatic carbocycles. The summed E-state index contributed by atoms with van der Waals surface area (Å²) in [7, 11) is 1.27. The molecule has 24 heavy (non-hydrogen) atoms. The van der Waals surface area contributed by atoms with Crippen molar-refractivity contribution in [2.45, 2.75) is 26.2 Å². The van der Waals surface area contributed by atoms with E-state index in [-0.39, 0.29) is 5.13 Å². The molecule has 0 atom stereocenters. The van der Waals surface area contributed by atoms with Crippen LogP contribution in [-0.4, -0.2) is 29.8 Å². The third-order valence-corrected chi connectivity index (χ3v) is 5.01. The van der Waals surface area contributed by atoms with E-state index < -0.39 is 17.7 Å². The summed E-state index contributed by atoms with van der Waals surface area (Å²) in [5, 5.41) is 2.66. The number of ketones is 1. The molecule has 2 aromatic rings. The largest absolute Gasteiger partial charge is 0.465 e. The van der Waals surface area contributed by atoms with Gasteiger partial charge in [0.2, 0.25) is 0 Å². The van der Waals surface area contributed by atoms with E-state index >= 15 is 0 Å². The lowest BCUT2D eigenvalue weighted by Gasteiger charge is -2.04. The third-order valence-electron chi connectivity index (χ3n) is 3.95. The van der Waals surface area contributed by atoms with Crippen molar-refractivity contribution < 1.29 is 19.1 Å². The molecule has 1 N–H and O–H groups in total. The van der Waals surface area contributed by atoms with Gasteiger partial charge in [0.05, 0.1) is 12.8 Å². The number of methoxy groups -OCH3 is 1. The topological polar surface area (TPSA) is 85.4 Å². The Morgan fingerprint density at radius 1 is 1.21 bits per heavy atom. The number of ether oxygens (including phenoxy) is 1. The zero-order valence-electron chi connectivity index (χ0n) is 13.3. The summed E-state index contributed by atoms with van der Waals surface area (Å²) in [6, 6.07) is 5.38. The van der Waals surface area contributed by atoms with E-state index in [1.807, 2.05) is 6.07 Å². The Balaban J connectivity index is 1.75. The minimum absolute atomic E-state index is 0.201. The maximum Gasteiger partial charge on any atom is 0.350 e. The summed E-state index contributed by atoms with van der Waals surface area (Å²) in [5.41, 5.74) is 3.19. The lowest BCUT2D eigenvalue weighted by atomic mass is 10.0. The van der Waals surface area contributed by atoms with Crippen LogP contribution in [0.2, 0.25) is 0 Å². The van der Waals surface area contributed by atoms with Gasteiger partial charge in [-0.1, -0.05) is 23.5 Å². The summed E-state index contributed by atoms with van der Waals surface area (Å²) >= 11 is 0.983. The number of carbonyl (C=O) groups is 3. The van der Waals surface area contributed by atoms with Gasteiger partial charge < -0.3 is 4.74 Å². The standard InChI is InChI=1S/C17H16N2O4S/c1-9-14(16(22)23-2)24-17(18-9)19-15(21)13(20)12-7-6-10-4-3-5-11(10)8-12/h6-8H,3-5H2,1-2H3,(H,18,19,21). The molecule has 3 rings (SSSR count). The number of Topliss-reactive ketones (excluding diaryl/α,β-unsaturated/α-hetero) is 1. The number of thiazole rings is 1. The van der Waals surface area contributed by atoms with Crippen molar-refractivity contribution >= 4 is 34.1 Å². The van der Waals surface area contributed by atoms with Crippen LogP contribution >= 0.6 is 11.3 Å². The molecule has 0 spiro atoms. The number of esters is 1. The van der Waals surface area contributed by atoms with Gasteiger partial charge in [-0.2, -0.15) is 0 Å². The van der Waals surface area contributed by atoms with Crippen LogP contribution in [0.3, 0.4) is 0 Å². The van der Waals surface area contributed by atoms with Gasteiger partial charge in [-0.3, -0.25) is 14.9 Å². The molecule has 1 heterocycles. The average molecular weight is 344 g/mol. The Hall–Kier alpha value is -2.54. The maximum absolute atomic E-state index is 12.3. The Bertz CT molecular complexity index is 841. The molecule has 1 amide bonds. The summed E-state index contributed by atoms with van der Waals surface area (Å²) in [6.07, 6.45) is 3.03. The van der Waals surface area contributed by atoms with Crippen LogP contribution in [0.4, 0.5) is 5.13 Å². The molecule has 6 nitrogen and oxygen atoms in total. The molecule has 1 aromatic carbocycles. The van der Waals surface area contributed by atoms with Crippen LogP contribution in [0.5, 0.6) is 0 Å². The lowest BCUT2D eigenvalue weighted by molar-refractivity contribution is -0.112. The Morgan fingerprint density at radius 2 is 1.96 bits per heavy atom. The highest BCUT2D eigenvalue weighted by molar-refractivity contribution is 7.17. The Morgan fingerprint density at radius 3 is 2.71 bits per heavy atom. The van der Waals surface area contributed by atoms with Crippen molar-refractivity contribution in [1.29, 1.82) is 0 Å². The quantitative estimate of drug-likeness (QED) is 0.523. The van der Waals surface area contributed by atoms with Crippen molar-refractivity contribution in [3.05, 3.63) is 45.5 Å². The summed E-state index contributed by atoms with van der Waals surface area (Å²) in [6.45, 7) is 1.64. The number of hydrogen-bond acceptors (Lipinski definition) is 6. The number of benzene rings is 1. The first-order valence-corrected chi connectivity index (χ1v) is 8.34. The number of rotatable bonds is 4. The number of fused-ring (bicyclic) bond motifs is 1. The van der Waals surface area contributed by atoms with Gasteiger partial charge in [0, 0.05) is 5.56 Å². The number of anilines is 1. The average Bonchev–Trinajstić information content (AvgIpc) is 3.18. The molecule has 0 fully saturated rings. The van der Waals surface area contributed by atoms with Crippen LogP contribution in [-0.2, 0) is 22.4 Å². The molecule has 124 valence electrons. The molecule has 0 radical (unpaired) electrons. The molecule has 7 heteroatoms. The van der Waals surface area contributed by atoms with E-state index in [1.54, 1.807) is 19.1 Å². The number of carbonyl (C=O) groups excluding carboxylic acids is 3. The highest BCUT2D eigenvalue weighted by Crippen LogP contribution is 2.25. The molecular formula is C17H16N2O4S. The second kappa shape index (κ2) is 6.52. The SMILES string of the molecule is COC(=O)c1sc(NC(=O)C(=O)c2ccc3c(c2)CCC3)nc1C. The summed E-state index contributed by atoms with van der Waals surface area (Å²) in [4.78, 5) is 40.4. The van der Waals surface area contributed by atoms with E-state index in [4.69, 9.17) is 0 Å². The van der Waals surface area contributed by atoms with Crippen molar-refractivity contribution in [3.63, 3.8) is 0 Å². The summed E-state index contributed by atoms with van der Waals surface area (Å²) < 4.78 is 4.65. The Labute approximate surface area is 142 Å². The molecule has 0 saturated heterocycles. The van der Waals surface area contributed by atoms with Crippen LogP contribution in [0, 0.1) is 6.92 Å². The van der Waals surface area contributed by atoms with Crippen molar-refractivity contribution in [1.82, 2.24) is 4.98 Å². The predicted octanol–water partition coefficient (Wildman–Crippen LogP) is 2.55. The monoisotopic (exact) mass is 344 g/mol. The van der Waals surface area contributed by atoms with Gasteiger partial charge in [0.1, 0.15) is 4.88 Å². The first kappa shape index (κ1) is 16.3. The fourth-order valence-electron chi connectivity index (χ4n) is 2.73.